The van der Waals surface area contributed by atoms with Gasteiger partial charge in [-0.05, 0) is 80.4 Å². The van der Waals surface area contributed by atoms with E-state index < -0.39 is 5.60 Å². The predicted octanol–water partition coefficient (Wildman–Crippen LogP) is 5.86. The van der Waals surface area contributed by atoms with Crippen LogP contribution in [0, 0.1) is 17.8 Å². The van der Waals surface area contributed by atoms with Gasteiger partial charge in [0.25, 0.3) is 5.91 Å². The molecule has 2 aliphatic rings. The van der Waals surface area contributed by atoms with Crippen LogP contribution in [0.3, 0.4) is 0 Å². The predicted molar refractivity (Wildman–Crippen MR) is 116 cm³/mol. The van der Waals surface area contributed by atoms with Crippen LogP contribution in [0.25, 0.3) is 0 Å². The number of carbonyl (C=O) groups excluding carboxylic acids is 1. The van der Waals surface area contributed by atoms with E-state index >= 15 is 0 Å². The summed E-state index contributed by atoms with van der Waals surface area (Å²) in [5.41, 5.74) is 0.642. The van der Waals surface area contributed by atoms with Crippen molar-refractivity contribution in [1.82, 2.24) is 4.90 Å². The number of amides is 1. The van der Waals surface area contributed by atoms with Crippen LogP contribution in [0.2, 0.25) is 0 Å². The highest BCUT2D eigenvalue weighted by atomic mass is 16.5. The third-order valence-corrected chi connectivity index (χ3v) is 6.68. The first-order valence-electron chi connectivity index (χ1n) is 11.5. The second-order valence-electron chi connectivity index (χ2n) is 9.78. The Balaban J connectivity index is 1.75. The summed E-state index contributed by atoms with van der Waals surface area (Å²) in [6, 6.07) is 8.41. The summed E-state index contributed by atoms with van der Waals surface area (Å²) in [5, 5.41) is 0. The van der Waals surface area contributed by atoms with Crippen molar-refractivity contribution < 1.29 is 9.53 Å². The van der Waals surface area contributed by atoms with E-state index in [1.807, 2.05) is 6.07 Å². The molecule has 0 radical (unpaired) electrons. The molecule has 156 valence electrons. The van der Waals surface area contributed by atoms with Crippen LogP contribution in [0.5, 0.6) is 5.75 Å². The Kier molecular flexibility index (Phi) is 7.06. The Morgan fingerprint density at radius 1 is 1.11 bits per heavy atom. The Morgan fingerprint density at radius 3 is 2.39 bits per heavy atom. The number of nitrogens with zero attached hydrogens (tertiary/aromatic N) is 1. The van der Waals surface area contributed by atoms with E-state index in [1.165, 1.54) is 12.0 Å². The molecule has 2 fully saturated rings. The molecule has 0 N–H and O–H groups in total. The molecule has 0 bridgehead atoms. The van der Waals surface area contributed by atoms with Crippen LogP contribution in [-0.2, 0) is 11.2 Å². The number of likely N-dealkylation sites (tertiary alicyclic amines) is 1. The fourth-order valence-electron chi connectivity index (χ4n) is 4.97. The first kappa shape index (κ1) is 21.2. The van der Waals surface area contributed by atoms with Crippen molar-refractivity contribution in [2.75, 3.05) is 13.1 Å². The molecule has 1 aliphatic heterocycles. The first-order valence-corrected chi connectivity index (χ1v) is 11.5. The smallest absolute Gasteiger partial charge is 0.266 e. The van der Waals surface area contributed by atoms with Crippen LogP contribution in [0.15, 0.2) is 24.3 Å². The summed E-state index contributed by atoms with van der Waals surface area (Å²) in [6.07, 6.45) is 8.38. The molecular formula is C25H39NO2. The van der Waals surface area contributed by atoms with E-state index in [1.54, 1.807) is 0 Å². The highest BCUT2D eigenvalue weighted by Crippen LogP contribution is 2.36. The number of hydrogen-bond acceptors (Lipinski definition) is 2. The van der Waals surface area contributed by atoms with Crippen LogP contribution >= 0.6 is 0 Å². The van der Waals surface area contributed by atoms with Gasteiger partial charge in [0.2, 0.25) is 0 Å². The maximum atomic E-state index is 13.6. The van der Waals surface area contributed by atoms with Gasteiger partial charge in [0.05, 0.1) is 0 Å². The zero-order valence-corrected chi connectivity index (χ0v) is 18.4. The van der Waals surface area contributed by atoms with E-state index in [2.05, 4.69) is 50.8 Å². The SMILES string of the molecule is CC(C)Cc1cccc(OC2(C(=O)N3CCC(C(C)C)CC3)CCCCC2)c1. The Labute approximate surface area is 171 Å². The van der Waals surface area contributed by atoms with Gasteiger partial charge in [0.1, 0.15) is 5.75 Å². The van der Waals surface area contributed by atoms with Crippen molar-refractivity contribution in [2.45, 2.75) is 84.7 Å². The van der Waals surface area contributed by atoms with Crippen molar-refractivity contribution in [3.05, 3.63) is 29.8 Å². The molecule has 1 aromatic rings. The number of hydrogen-bond donors (Lipinski definition) is 0. The highest BCUT2D eigenvalue weighted by Gasteiger charge is 2.45. The average Bonchev–Trinajstić information content (AvgIpc) is 2.68. The van der Waals surface area contributed by atoms with E-state index in [-0.39, 0.29) is 5.91 Å². The Hall–Kier alpha value is -1.51. The van der Waals surface area contributed by atoms with Gasteiger partial charge in [-0.2, -0.15) is 0 Å². The zero-order valence-electron chi connectivity index (χ0n) is 18.4. The molecule has 3 rings (SSSR count). The zero-order chi connectivity index (χ0) is 20.1. The molecule has 1 aliphatic carbocycles. The minimum Gasteiger partial charge on any atom is -0.477 e. The number of benzene rings is 1. The van der Waals surface area contributed by atoms with Gasteiger partial charge < -0.3 is 9.64 Å². The van der Waals surface area contributed by atoms with Crippen molar-refractivity contribution in [3.63, 3.8) is 0 Å². The fourth-order valence-corrected chi connectivity index (χ4v) is 4.97. The third-order valence-electron chi connectivity index (χ3n) is 6.68. The van der Waals surface area contributed by atoms with Crippen LogP contribution in [0.4, 0.5) is 0 Å². The summed E-state index contributed by atoms with van der Waals surface area (Å²) in [6.45, 7) is 10.9. The van der Waals surface area contributed by atoms with Crippen molar-refractivity contribution in [3.8, 4) is 5.75 Å². The highest BCUT2D eigenvalue weighted by molar-refractivity contribution is 5.86. The quantitative estimate of drug-likeness (QED) is 0.613. The molecule has 1 saturated heterocycles. The molecule has 0 aromatic heterocycles. The molecule has 28 heavy (non-hydrogen) atoms. The second kappa shape index (κ2) is 9.33. The largest absolute Gasteiger partial charge is 0.477 e. The molecule has 1 amide bonds. The maximum Gasteiger partial charge on any atom is 0.266 e. The number of piperidine rings is 1. The van der Waals surface area contributed by atoms with Gasteiger partial charge in [-0.25, -0.2) is 0 Å². The van der Waals surface area contributed by atoms with Gasteiger partial charge in [-0.3, -0.25) is 4.79 Å². The van der Waals surface area contributed by atoms with Gasteiger partial charge in [0.15, 0.2) is 5.60 Å². The standard InChI is InChI=1S/C25H39NO2/c1-19(2)17-21-9-8-10-23(18-21)28-25(13-6-5-7-14-25)24(27)26-15-11-22(12-16-26)20(3)4/h8-10,18-20,22H,5-7,11-17H2,1-4H3. The summed E-state index contributed by atoms with van der Waals surface area (Å²) >= 11 is 0. The molecule has 3 heteroatoms. The van der Waals surface area contributed by atoms with Crippen LogP contribution in [0.1, 0.15) is 78.2 Å². The lowest BCUT2D eigenvalue weighted by Crippen LogP contribution is -2.55. The summed E-state index contributed by atoms with van der Waals surface area (Å²) < 4.78 is 6.56. The Morgan fingerprint density at radius 2 is 1.79 bits per heavy atom. The molecular weight excluding hydrogens is 346 g/mol. The lowest BCUT2D eigenvalue weighted by Gasteiger charge is -2.42. The van der Waals surface area contributed by atoms with E-state index in [0.29, 0.717) is 11.8 Å². The lowest BCUT2D eigenvalue weighted by molar-refractivity contribution is -0.153. The molecule has 1 heterocycles. The first-order chi connectivity index (χ1) is 13.4. The second-order valence-corrected chi connectivity index (χ2v) is 9.78. The van der Waals surface area contributed by atoms with E-state index in [9.17, 15) is 4.79 Å². The van der Waals surface area contributed by atoms with E-state index in [4.69, 9.17) is 4.74 Å². The van der Waals surface area contributed by atoms with E-state index in [0.717, 1.165) is 69.7 Å². The normalized spacial score (nSPS) is 20.6. The van der Waals surface area contributed by atoms with Crippen LogP contribution in [-0.4, -0.2) is 29.5 Å². The fraction of sp³-hybridized carbons (Fsp3) is 0.720. The van der Waals surface area contributed by atoms with Gasteiger partial charge in [-0.15, -0.1) is 0 Å². The minimum atomic E-state index is -0.653. The minimum absolute atomic E-state index is 0.240. The molecule has 0 spiro atoms. The molecule has 1 saturated carbocycles. The van der Waals surface area contributed by atoms with Crippen molar-refractivity contribution in [2.24, 2.45) is 17.8 Å². The molecule has 0 atom stereocenters. The number of carbonyl (C=O) groups is 1. The average molecular weight is 386 g/mol. The Bertz CT molecular complexity index is 638. The molecule has 0 unspecified atom stereocenters. The van der Waals surface area contributed by atoms with Gasteiger partial charge in [-0.1, -0.05) is 46.2 Å². The lowest BCUT2D eigenvalue weighted by atomic mass is 9.81. The monoisotopic (exact) mass is 385 g/mol. The maximum absolute atomic E-state index is 13.6. The summed E-state index contributed by atoms with van der Waals surface area (Å²) in [4.78, 5) is 15.7. The van der Waals surface area contributed by atoms with Crippen molar-refractivity contribution >= 4 is 5.91 Å². The van der Waals surface area contributed by atoms with Crippen molar-refractivity contribution in [1.29, 1.82) is 0 Å². The molecule has 1 aromatic carbocycles. The summed E-state index contributed by atoms with van der Waals surface area (Å²) in [5.74, 6) is 3.18. The topological polar surface area (TPSA) is 29.5 Å². The number of ether oxygens (including phenoxy) is 1. The number of rotatable bonds is 6. The van der Waals surface area contributed by atoms with Gasteiger partial charge in [0, 0.05) is 13.1 Å². The van der Waals surface area contributed by atoms with Gasteiger partial charge >= 0.3 is 0 Å². The molecule has 3 nitrogen and oxygen atoms in total. The summed E-state index contributed by atoms with van der Waals surface area (Å²) in [7, 11) is 0. The van der Waals surface area contributed by atoms with Crippen LogP contribution < -0.4 is 4.74 Å². The third kappa shape index (κ3) is 5.10.